The van der Waals surface area contributed by atoms with E-state index in [0.29, 0.717) is 0 Å². The van der Waals surface area contributed by atoms with Crippen LogP contribution in [0.1, 0.15) is 11.8 Å². The molecule has 0 amide bonds. The second-order valence-electron chi connectivity index (χ2n) is 3.43. The first-order valence-electron chi connectivity index (χ1n) is 5.02. The number of methoxy groups -OCH3 is 2. The van der Waals surface area contributed by atoms with Crippen molar-refractivity contribution in [3.8, 4) is 11.5 Å². The zero-order valence-corrected chi connectivity index (χ0v) is 9.03. The monoisotopic (exact) mass is 210 g/mol. The van der Waals surface area contributed by atoms with Gasteiger partial charge < -0.3 is 19.5 Å². The van der Waals surface area contributed by atoms with E-state index in [1.165, 1.54) is 0 Å². The number of nitrogens with two attached hydrogens (primary N) is 1. The number of quaternary nitrogens is 1. The van der Waals surface area contributed by atoms with Crippen LogP contribution in [0.5, 0.6) is 11.5 Å². The van der Waals surface area contributed by atoms with E-state index >= 15 is 0 Å². The molecule has 0 radical (unpaired) electrons. The smallest absolute Gasteiger partial charge is 0.217 e. The lowest BCUT2D eigenvalue weighted by atomic mass is 10.2. The molecule has 1 heterocycles. The van der Waals surface area contributed by atoms with Crippen LogP contribution >= 0.6 is 0 Å². The van der Waals surface area contributed by atoms with E-state index in [1.807, 2.05) is 18.2 Å². The third kappa shape index (κ3) is 2.06. The Labute approximate surface area is 89.1 Å². The Morgan fingerprint density at radius 1 is 1.27 bits per heavy atom. The fourth-order valence-electron chi connectivity index (χ4n) is 1.74. The van der Waals surface area contributed by atoms with E-state index in [1.54, 1.807) is 14.2 Å². The molecule has 1 saturated heterocycles. The minimum absolute atomic E-state index is 0.102. The summed E-state index contributed by atoms with van der Waals surface area (Å²) in [5, 5.41) is 2.17. The number of hydrogen-bond donors (Lipinski definition) is 1. The van der Waals surface area contributed by atoms with Crippen LogP contribution < -0.4 is 14.8 Å². The summed E-state index contributed by atoms with van der Waals surface area (Å²) in [4.78, 5) is 0. The van der Waals surface area contributed by atoms with Gasteiger partial charge in [-0.05, 0) is 18.2 Å². The maximum absolute atomic E-state index is 5.56. The minimum Gasteiger partial charge on any atom is -0.493 e. The molecule has 15 heavy (non-hydrogen) atoms. The fraction of sp³-hybridized carbons (Fsp3) is 0.455. The van der Waals surface area contributed by atoms with E-state index in [2.05, 4.69) is 5.32 Å². The third-order valence-corrected chi connectivity index (χ3v) is 2.53. The summed E-state index contributed by atoms with van der Waals surface area (Å²) in [5.74, 6) is 1.50. The molecule has 82 valence electrons. The summed E-state index contributed by atoms with van der Waals surface area (Å²) in [5.41, 5.74) is 1.12. The van der Waals surface area contributed by atoms with Crippen LogP contribution in [0.2, 0.25) is 0 Å². The van der Waals surface area contributed by atoms with E-state index < -0.39 is 0 Å². The van der Waals surface area contributed by atoms with Crippen LogP contribution in [0.4, 0.5) is 0 Å². The predicted molar refractivity (Wildman–Crippen MR) is 55.0 cm³/mol. The van der Waals surface area contributed by atoms with Crippen LogP contribution in [-0.2, 0) is 4.74 Å². The molecule has 1 aliphatic rings. The Morgan fingerprint density at radius 2 is 2.07 bits per heavy atom. The van der Waals surface area contributed by atoms with Gasteiger partial charge in [-0.15, -0.1) is 0 Å². The van der Waals surface area contributed by atoms with Gasteiger partial charge in [0.05, 0.1) is 14.2 Å². The number of ether oxygens (including phenoxy) is 3. The molecule has 4 heteroatoms. The quantitative estimate of drug-likeness (QED) is 0.780. The molecule has 1 aliphatic heterocycles. The zero-order valence-electron chi connectivity index (χ0n) is 9.03. The highest BCUT2D eigenvalue weighted by molar-refractivity contribution is 5.43. The molecule has 0 bridgehead atoms. The van der Waals surface area contributed by atoms with Gasteiger partial charge in [0.25, 0.3) is 0 Å². The predicted octanol–water partition coefficient (Wildman–Crippen LogP) is 0.296. The second-order valence-corrected chi connectivity index (χ2v) is 3.43. The van der Waals surface area contributed by atoms with E-state index in [-0.39, 0.29) is 6.23 Å². The summed E-state index contributed by atoms with van der Waals surface area (Å²) in [7, 11) is 3.27. The highest BCUT2D eigenvalue weighted by Crippen LogP contribution is 2.29. The van der Waals surface area contributed by atoms with Gasteiger partial charge >= 0.3 is 0 Å². The lowest BCUT2D eigenvalue weighted by Gasteiger charge is -2.11. The van der Waals surface area contributed by atoms with Crippen molar-refractivity contribution in [1.82, 2.24) is 0 Å². The first kappa shape index (κ1) is 10.3. The van der Waals surface area contributed by atoms with Gasteiger partial charge in [0.1, 0.15) is 13.2 Å². The molecule has 1 atom stereocenters. The van der Waals surface area contributed by atoms with Crippen LogP contribution in [0.3, 0.4) is 0 Å². The molecule has 1 fully saturated rings. The lowest BCUT2D eigenvalue weighted by Crippen LogP contribution is -2.82. The molecule has 2 N–H and O–H groups in total. The van der Waals surface area contributed by atoms with Crippen molar-refractivity contribution in [2.45, 2.75) is 6.23 Å². The Morgan fingerprint density at radius 3 is 2.67 bits per heavy atom. The molecule has 0 spiro atoms. The van der Waals surface area contributed by atoms with E-state index in [9.17, 15) is 0 Å². The van der Waals surface area contributed by atoms with Crippen molar-refractivity contribution in [3.63, 3.8) is 0 Å². The standard InChI is InChI=1S/C11H15NO3/c1-13-9-4-3-8(7-10(9)14-2)11-12-5-6-15-11/h3-4,7,11-12H,5-6H2,1-2H3/p+1/t11-/m0/s1. The van der Waals surface area contributed by atoms with Crippen molar-refractivity contribution in [3.05, 3.63) is 23.8 Å². The largest absolute Gasteiger partial charge is 0.493 e. The lowest BCUT2D eigenvalue weighted by molar-refractivity contribution is -0.697. The van der Waals surface area contributed by atoms with Gasteiger partial charge in [-0.2, -0.15) is 0 Å². The average Bonchev–Trinajstić information content (AvgIpc) is 2.81. The van der Waals surface area contributed by atoms with E-state index in [4.69, 9.17) is 14.2 Å². The Balaban J connectivity index is 2.25. The maximum atomic E-state index is 5.56. The van der Waals surface area contributed by atoms with Gasteiger partial charge in [-0.3, -0.25) is 0 Å². The minimum atomic E-state index is 0.102. The topological polar surface area (TPSA) is 44.3 Å². The molecule has 0 saturated carbocycles. The molecular formula is C11H16NO3+. The maximum Gasteiger partial charge on any atom is 0.217 e. The van der Waals surface area contributed by atoms with Crippen molar-refractivity contribution < 1.29 is 19.5 Å². The number of benzene rings is 1. The Hall–Kier alpha value is -1.26. The fourth-order valence-corrected chi connectivity index (χ4v) is 1.74. The summed E-state index contributed by atoms with van der Waals surface area (Å²) in [6.45, 7) is 1.82. The molecule has 0 aliphatic carbocycles. The second kappa shape index (κ2) is 4.51. The summed E-state index contributed by atoms with van der Waals surface area (Å²) < 4.78 is 16.0. The van der Waals surface area contributed by atoms with Gasteiger partial charge in [0.2, 0.25) is 6.23 Å². The highest BCUT2D eigenvalue weighted by Gasteiger charge is 2.22. The number of hydrogen-bond acceptors (Lipinski definition) is 3. The number of rotatable bonds is 3. The molecular weight excluding hydrogens is 194 g/mol. The van der Waals surface area contributed by atoms with E-state index in [0.717, 1.165) is 30.2 Å². The molecule has 1 aromatic carbocycles. The van der Waals surface area contributed by atoms with Crippen LogP contribution in [0, 0.1) is 0 Å². The van der Waals surface area contributed by atoms with Crippen LogP contribution in [0.25, 0.3) is 0 Å². The Bertz CT molecular complexity index is 335. The summed E-state index contributed by atoms with van der Waals surface area (Å²) in [6, 6.07) is 5.88. The first-order valence-corrected chi connectivity index (χ1v) is 5.02. The van der Waals surface area contributed by atoms with Crippen molar-refractivity contribution in [2.75, 3.05) is 27.4 Å². The zero-order chi connectivity index (χ0) is 10.7. The Kier molecular flexibility index (Phi) is 3.08. The SMILES string of the molecule is COc1ccc([C@H]2[NH2+]CCO2)cc1OC. The summed E-state index contributed by atoms with van der Waals surface area (Å²) >= 11 is 0. The van der Waals surface area contributed by atoms with Gasteiger partial charge in [-0.1, -0.05) is 0 Å². The molecule has 0 unspecified atom stereocenters. The van der Waals surface area contributed by atoms with Crippen LogP contribution in [-0.4, -0.2) is 27.4 Å². The highest BCUT2D eigenvalue weighted by atomic mass is 16.5. The average molecular weight is 210 g/mol. The molecule has 0 aromatic heterocycles. The molecule has 1 aromatic rings. The normalized spacial score (nSPS) is 20.3. The first-order chi connectivity index (χ1) is 7.35. The molecule has 2 rings (SSSR count). The van der Waals surface area contributed by atoms with Gasteiger partial charge in [0, 0.05) is 5.56 Å². The third-order valence-electron chi connectivity index (χ3n) is 2.53. The van der Waals surface area contributed by atoms with Crippen LogP contribution in [0.15, 0.2) is 18.2 Å². The summed E-state index contributed by atoms with van der Waals surface area (Å²) in [6.07, 6.45) is 0.102. The van der Waals surface area contributed by atoms with Crippen molar-refractivity contribution in [2.24, 2.45) is 0 Å². The van der Waals surface area contributed by atoms with Gasteiger partial charge in [0.15, 0.2) is 11.5 Å². The van der Waals surface area contributed by atoms with Crippen molar-refractivity contribution >= 4 is 0 Å². The van der Waals surface area contributed by atoms with Crippen molar-refractivity contribution in [1.29, 1.82) is 0 Å². The van der Waals surface area contributed by atoms with Gasteiger partial charge in [-0.25, -0.2) is 0 Å². The molecule has 4 nitrogen and oxygen atoms in total.